The Balaban J connectivity index is 1.93. The molecule has 0 saturated heterocycles. The number of nitrogens with one attached hydrogen (secondary N) is 1. The third-order valence-electron chi connectivity index (χ3n) is 6.69. The normalized spacial score (nSPS) is 29.4. The van der Waals surface area contributed by atoms with Crippen LogP contribution in [0.4, 0.5) is 0 Å². The number of unbranched alkanes of at least 4 members (excludes halogenated alkanes) is 1. The van der Waals surface area contributed by atoms with Gasteiger partial charge in [-0.2, -0.15) is 0 Å². The van der Waals surface area contributed by atoms with E-state index in [4.69, 9.17) is 4.74 Å². The topological polar surface area (TPSA) is 75.6 Å². The third-order valence-corrected chi connectivity index (χ3v) is 9.07. The lowest BCUT2D eigenvalue weighted by Crippen LogP contribution is -2.38. The van der Waals surface area contributed by atoms with Crippen LogP contribution in [0, 0.1) is 5.92 Å². The van der Waals surface area contributed by atoms with Crippen molar-refractivity contribution in [2.24, 2.45) is 5.92 Å². The molecule has 0 bridgehead atoms. The summed E-state index contributed by atoms with van der Waals surface area (Å²) in [6, 6.07) is 12.7. The Morgan fingerprint density at radius 3 is 2.52 bits per heavy atom. The number of methoxy groups -OCH3 is 1. The van der Waals surface area contributed by atoms with Gasteiger partial charge >= 0.3 is 0 Å². The average Bonchev–Trinajstić information content (AvgIpc) is 3.40. The standard InChI is InChI=1S/C23H29NO4S/c1-4-6-12-17-22-23(17,5-2)24-21(15-10-8-7-9-11-15)16-13-19(28-3)18(25)14-20(16)29(22,26)27/h7-11,13-14,17,21-22,24-25H,4-6,12H2,1-3H3. The molecule has 6 heteroatoms. The van der Waals surface area contributed by atoms with E-state index in [0.717, 1.165) is 31.2 Å². The molecule has 2 N–H and O–H groups in total. The Morgan fingerprint density at radius 1 is 1.17 bits per heavy atom. The van der Waals surface area contributed by atoms with Crippen molar-refractivity contribution in [1.82, 2.24) is 5.32 Å². The summed E-state index contributed by atoms with van der Waals surface area (Å²) in [6.45, 7) is 4.20. The highest BCUT2D eigenvalue weighted by Crippen LogP contribution is 2.59. The van der Waals surface area contributed by atoms with Gasteiger partial charge in [0, 0.05) is 11.6 Å². The van der Waals surface area contributed by atoms with Gasteiger partial charge in [0.25, 0.3) is 0 Å². The fourth-order valence-electron chi connectivity index (χ4n) is 5.15. The van der Waals surface area contributed by atoms with Crippen LogP contribution in [-0.2, 0) is 9.84 Å². The highest BCUT2D eigenvalue weighted by Gasteiger charge is 2.70. The van der Waals surface area contributed by atoms with Gasteiger partial charge in [0.2, 0.25) is 0 Å². The highest BCUT2D eigenvalue weighted by atomic mass is 32.2. The van der Waals surface area contributed by atoms with Crippen LogP contribution in [0.25, 0.3) is 0 Å². The SMILES string of the molecule is CCCCC1C2C1(CC)NC(c1ccccc1)c1cc(OC)c(O)cc1S2(=O)=O. The van der Waals surface area contributed by atoms with Crippen LogP contribution in [0.5, 0.6) is 11.5 Å². The monoisotopic (exact) mass is 415 g/mol. The third kappa shape index (κ3) is 3.04. The minimum Gasteiger partial charge on any atom is -0.504 e. The van der Waals surface area contributed by atoms with Gasteiger partial charge in [0.05, 0.1) is 23.3 Å². The molecule has 2 aromatic rings. The molecule has 0 amide bonds. The van der Waals surface area contributed by atoms with Crippen molar-refractivity contribution < 1.29 is 18.3 Å². The van der Waals surface area contributed by atoms with Crippen molar-refractivity contribution in [1.29, 1.82) is 0 Å². The van der Waals surface area contributed by atoms with Crippen LogP contribution >= 0.6 is 0 Å². The molecule has 4 atom stereocenters. The molecule has 2 aliphatic rings. The molecule has 1 aliphatic carbocycles. The van der Waals surface area contributed by atoms with Crippen molar-refractivity contribution in [2.75, 3.05) is 7.11 Å². The zero-order valence-electron chi connectivity index (χ0n) is 17.2. The molecular weight excluding hydrogens is 386 g/mol. The van der Waals surface area contributed by atoms with E-state index in [1.54, 1.807) is 6.07 Å². The molecule has 1 heterocycles. The summed E-state index contributed by atoms with van der Waals surface area (Å²) in [5.41, 5.74) is 1.20. The number of hydrogen-bond donors (Lipinski definition) is 2. The van der Waals surface area contributed by atoms with E-state index in [1.807, 2.05) is 30.3 Å². The van der Waals surface area contributed by atoms with E-state index in [1.165, 1.54) is 13.2 Å². The Hall–Kier alpha value is -2.05. The van der Waals surface area contributed by atoms with Crippen LogP contribution in [0.15, 0.2) is 47.4 Å². The Labute approximate surface area is 173 Å². The molecule has 156 valence electrons. The van der Waals surface area contributed by atoms with Gasteiger partial charge in [-0.3, -0.25) is 5.32 Å². The summed E-state index contributed by atoms with van der Waals surface area (Å²) in [5, 5.41) is 13.7. The quantitative estimate of drug-likeness (QED) is 0.739. The Kier molecular flexibility index (Phi) is 5.11. The molecule has 0 aromatic heterocycles. The minimum absolute atomic E-state index is 0.0843. The molecule has 2 aromatic carbocycles. The van der Waals surface area contributed by atoms with Gasteiger partial charge in [0.15, 0.2) is 21.3 Å². The second-order valence-corrected chi connectivity index (χ2v) is 10.2. The van der Waals surface area contributed by atoms with E-state index in [9.17, 15) is 13.5 Å². The number of sulfone groups is 1. The van der Waals surface area contributed by atoms with E-state index >= 15 is 0 Å². The number of ether oxygens (including phenoxy) is 1. The molecule has 29 heavy (non-hydrogen) atoms. The molecular formula is C23H29NO4S. The largest absolute Gasteiger partial charge is 0.504 e. The number of benzene rings is 2. The minimum atomic E-state index is -3.60. The molecule has 0 spiro atoms. The second kappa shape index (κ2) is 7.33. The van der Waals surface area contributed by atoms with Crippen LogP contribution in [0.2, 0.25) is 0 Å². The van der Waals surface area contributed by atoms with E-state index in [-0.39, 0.29) is 28.4 Å². The predicted molar refractivity (Wildman–Crippen MR) is 113 cm³/mol. The number of hydrogen-bond acceptors (Lipinski definition) is 5. The van der Waals surface area contributed by atoms with Crippen molar-refractivity contribution in [3.63, 3.8) is 0 Å². The molecule has 1 aliphatic heterocycles. The summed E-state index contributed by atoms with van der Waals surface area (Å²) in [6.07, 6.45) is 3.68. The van der Waals surface area contributed by atoms with Crippen molar-refractivity contribution in [2.45, 2.75) is 61.3 Å². The lowest BCUT2D eigenvalue weighted by Gasteiger charge is -2.27. The maximum Gasteiger partial charge on any atom is 0.183 e. The van der Waals surface area contributed by atoms with Gasteiger partial charge in [-0.1, -0.05) is 57.0 Å². The first-order valence-corrected chi connectivity index (χ1v) is 11.9. The molecule has 4 unspecified atom stereocenters. The highest BCUT2D eigenvalue weighted by molar-refractivity contribution is 7.92. The Bertz CT molecular complexity index is 1010. The fraction of sp³-hybridized carbons (Fsp3) is 0.478. The van der Waals surface area contributed by atoms with E-state index in [2.05, 4.69) is 19.2 Å². The first-order chi connectivity index (χ1) is 13.9. The zero-order valence-corrected chi connectivity index (χ0v) is 18.0. The van der Waals surface area contributed by atoms with Gasteiger partial charge in [0.1, 0.15) is 0 Å². The molecule has 0 radical (unpaired) electrons. The molecule has 1 saturated carbocycles. The van der Waals surface area contributed by atoms with Crippen LogP contribution in [0.3, 0.4) is 0 Å². The van der Waals surface area contributed by atoms with Gasteiger partial charge < -0.3 is 9.84 Å². The first-order valence-electron chi connectivity index (χ1n) is 10.4. The smallest absolute Gasteiger partial charge is 0.183 e. The number of phenolic OH excluding ortho intramolecular Hbond substituents is 1. The van der Waals surface area contributed by atoms with Crippen LogP contribution in [-0.4, -0.2) is 31.4 Å². The van der Waals surface area contributed by atoms with Gasteiger partial charge in [-0.15, -0.1) is 0 Å². The fourth-order valence-corrected chi connectivity index (χ4v) is 7.90. The second-order valence-electron chi connectivity index (χ2n) is 8.16. The predicted octanol–water partition coefficient (Wildman–Crippen LogP) is 4.20. The van der Waals surface area contributed by atoms with Crippen LogP contribution in [0.1, 0.15) is 56.7 Å². The van der Waals surface area contributed by atoms with Gasteiger partial charge in [-0.25, -0.2) is 8.42 Å². The number of phenols is 1. The zero-order chi connectivity index (χ0) is 20.8. The maximum atomic E-state index is 13.7. The maximum absolute atomic E-state index is 13.7. The summed E-state index contributed by atoms with van der Waals surface area (Å²) in [7, 11) is -2.12. The number of aromatic hydroxyl groups is 1. The summed E-state index contributed by atoms with van der Waals surface area (Å²) < 4.78 is 32.8. The van der Waals surface area contributed by atoms with Gasteiger partial charge in [-0.05, 0) is 36.0 Å². The van der Waals surface area contributed by atoms with E-state index < -0.39 is 20.6 Å². The van der Waals surface area contributed by atoms with Crippen molar-refractivity contribution >= 4 is 9.84 Å². The molecule has 1 fully saturated rings. The summed E-state index contributed by atoms with van der Waals surface area (Å²) in [5.74, 6) is 0.225. The van der Waals surface area contributed by atoms with E-state index in [0.29, 0.717) is 5.56 Å². The molecule has 4 rings (SSSR count). The average molecular weight is 416 g/mol. The lowest BCUT2D eigenvalue weighted by atomic mass is 9.95. The first kappa shape index (κ1) is 20.2. The van der Waals surface area contributed by atoms with Crippen molar-refractivity contribution in [3.05, 3.63) is 53.6 Å². The number of fused-ring (bicyclic) bond motifs is 2. The Morgan fingerprint density at radius 2 is 1.90 bits per heavy atom. The van der Waals surface area contributed by atoms with Crippen molar-refractivity contribution in [3.8, 4) is 11.5 Å². The number of rotatable bonds is 6. The summed E-state index contributed by atoms with van der Waals surface area (Å²) in [4.78, 5) is 0.219. The summed E-state index contributed by atoms with van der Waals surface area (Å²) >= 11 is 0. The van der Waals surface area contributed by atoms with Crippen LogP contribution < -0.4 is 10.1 Å². The molecule has 5 nitrogen and oxygen atoms in total. The lowest BCUT2D eigenvalue weighted by molar-refractivity contribution is 0.368.